The summed E-state index contributed by atoms with van der Waals surface area (Å²) in [7, 11) is 0. The lowest BCUT2D eigenvalue weighted by atomic mass is 10.2. The average Bonchev–Trinajstić information content (AvgIpc) is 2.70. The summed E-state index contributed by atoms with van der Waals surface area (Å²) in [5.74, 6) is -0.0779. The number of carbonyl (C=O) groups excluding carboxylic acids is 1. The fourth-order valence-electron chi connectivity index (χ4n) is 1.19. The van der Waals surface area contributed by atoms with Crippen molar-refractivity contribution in [2.45, 2.75) is 0 Å². The molecule has 0 atom stereocenters. The van der Waals surface area contributed by atoms with Gasteiger partial charge >= 0.3 is 0 Å². The van der Waals surface area contributed by atoms with Crippen LogP contribution in [0.3, 0.4) is 0 Å². The van der Waals surface area contributed by atoms with Crippen molar-refractivity contribution in [3.05, 3.63) is 40.9 Å². The van der Waals surface area contributed by atoms with Crippen molar-refractivity contribution in [1.29, 1.82) is 0 Å². The molecule has 0 unspecified atom stereocenters. The minimum atomic E-state index is -0.516. The standard InChI is InChI=1S/C10H6ClFN2O/c11-8-2-1-6(3-9(8)12)10-13-4-7(5-15)14-10/h1-5H,(H,13,14). The molecule has 0 saturated heterocycles. The zero-order chi connectivity index (χ0) is 10.8. The fourth-order valence-corrected chi connectivity index (χ4v) is 1.30. The highest BCUT2D eigenvalue weighted by molar-refractivity contribution is 6.30. The summed E-state index contributed by atoms with van der Waals surface area (Å²) in [6, 6.07) is 4.32. The predicted octanol–water partition coefficient (Wildman–Crippen LogP) is 2.68. The molecule has 2 rings (SSSR count). The smallest absolute Gasteiger partial charge is 0.167 e. The molecule has 0 aliphatic heterocycles. The summed E-state index contributed by atoms with van der Waals surface area (Å²) < 4.78 is 13.1. The van der Waals surface area contributed by atoms with E-state index in [0.717, 1.165) is 0 Å². The fraction of sp³-hybridized carbons (Fsp3) is 0. The molecule has 1 N–H and O–H groups in total. The highest BCUT2D eigenvalue weighted by Crippen LogP contribution is 2.21. The van der Waals surface area contributed by atoms with Crippen LogP contribution in [0.25, 0.3) is 11.4 Å². The highest BCUT2D eigenvalue weighted by Gasteiger charge is 2.06. The van der Waals surface area contributed by atoms with Gasteiger partial charge in [0.15, 0.2) is 6.29 Å². The maximum absolute atomic E-state index is 13.1. The molecular weight excluding hydrogens is 219 g/mol. The lowest BCUT2D eigenvalue weighted by Gasteiger charge is -1.98. The minimum absolute atomic E-state index is 0.0564. The van der Waals surface area contributed by atoms with Crippen molar-refractivity contribution >= 4 is 17.9 Å². The molecule has 3 nitrogen and oxygen atoms in total. The van der Waals surface area contributed by atoms with Crippen LogP contribution in [-0.2, 0) is 0 Å². The molecule has 0 saturated carbocycles. The number of nitrogens with zero attached hydrogens (tertiary/aromatic N) is 1. The molecule has 1 heterocycles. The number of aromatic nitrogens is 2. The van der Waals surface area contributed by atoms with Gasteiger partial charge in [-0.2, -0.15) is 0 Å². The summed E-state index contributed by atoms with van der Waals surface area (Å²) >= 11 is 5.54. The maximum atomic E-state index is 13.1. The van der Waals surface area contributed by atoms with E-state index in [9.17, 15) is 9.18 Å². The largest absolute Gasteiger partial charge is 0.336 e. The van der Waals surface area contributed by atoms with E-state index in [2.05, 4.69) is 9.97 Å². The first-order chi connectivity index (χ1) is 7.20. The molecule has 1 aromatic heterocycles. The zero-order valence-electron chi connectivity index (χ0n) is 7.50. The van der Waals surface area contributed by atoms with Crippen molar-refractivity contribution in [2.24, 2.45) is 0 Å². The molecule has 0 fully saturated rings. The molecule has 15 heavy (non-hydrogen) atoms. The Bertz CT molecular complexity index is 510. The van der Waals surface area contributed by atoms with Gasteiger partial charge in [0.05, 0.1) is 16.9 Å². The SMILES string of the molecule is O=Cc1cnc(-c2ccc(Cl)c(F)c2)[nH]1. The third kappa shape index (κ3) is 1.89. The van der Waals surface area contributed by atoms with E-state index >= 15 is 0 Å². The molecule has 0 aliphatic carbocycles. The van der Waals surface area contributed by atoms with E-state index in [-0.39, 0.29) is 5.02 Å². The first kappa shape index (κ1) is 9.86. The van der Waals surface area contributed by atoms with E-state index in [1.807, 2.05) is 0 Å². The summed E-state index contributed by atoms with van der Waals surface area (Å²) in [5, 5.41) is 0.0564. The normalized spacial score (nSPS) is 10.3. The number of benzene rings is 1. The minimum Gasteiger partial charge on any atom is -0.336 e. The number of imidazole rings is 1. The lowest BCUT2D eigenvalue weighted by molar-refractivity contribution is 0.111. The van der Waals surface area contributed by atoms with Crippen LogP contribution in [0.5, 0.6) is 0 Å². The second-order valence-electron chi connectivity index (χ2n) is 2.93. The Balaban J connectivity index is 2.44. The first-order valence-corrected chi connectivity index (χ1v) is 4.54. The molecule has 5 heteroatoms. The lowest BCUT2D eigenvalue weighted by Crippen LogP contribution is -1.84. The van der Waals surface area contributed by atoms with E-state index in [1.165, 1.54) is 18.3 Å². The molecule has 0 radical (unpaired) electrons. The van der Waals surface area contributed by atoms with Gasteiger partial charge in [0.25, 0.3) is 0 Å². The number of aldehydes is 1. The molecule has 2 aromatic rings. The van der Waals surface area contributed by atoms with Crippen LogP contribution in [0.1, 0.15) is 10.5 Å². The van der Waals surface area contributed by atoms with Crippen LogP contribution in [0, 0.1) is 5.82 Å². The van der Waals surface area contributed by atoms with Crippen LogP contribution < -0.4 is 0 Å². The van der Waals surface area contributed by atoms with Crippen molar-refractivity contribution < 1.29 is 9.18 Å². The third-order valence-corrected chi connectivity index (χ3v) is 2.22. The Hall–Kier alpha value is -1.68. The van der Waals surface area contributed by atoms with Crippen molar-refractivity contribution in [1.82, 2.24) is 9.97 Å². The summed E-state index contributed by atoms with van der Waals surface area (Å²) in [6.07, 6.45) is 2.03. The Morgan fingerprint density at radius 1 is 1.47 bits per heavy atom. The number of halogens is 2. The van der Waals surface area contributed by atoms with Crippen LogP contribution in [-0.4, -0.2) is 16.3 Å². The molecule has 0 aliphatic rings. The Morgan fingerprint density at radius 3 is 2.87 bits per heavy atom. The van der Waals surface area contributed by atoms with E-state index < -0.39 is 5.82 Å². The second-order valence-corrected chi connectivity index (χ2v) is 3.34. The monoisotopic (exact) mass is 224 g/mol. The average molecular weight is 225 g/mol. The van der Waals surface area contributed by atoms with Crippen molar-refractivity contribution in [2.75, 3.05) is 0 Å². The number of rotatable bonds is 2. The van der Waals surface area contributed by atoms with Crippen LogP contribution in [0.15, 0.2) is 24.4 Å². The molecule has 0 spiro atoms. The van der Waals surface area contributed by atoms with Gasteiger partial charge in [-0.05, 0) is 18.2 Å². The van der Waals surface area contributed by atoms with E-state index in [4.69, 9.17) is 11.6 Å². The molecule has 0 amide bonds. The second kappa shape index (κ2) is 3.82. The number of hydrogen-bond donors (Lipinski definition) is 1. The highest BCUT2D eigenvalue weighted by atomic mass is 35.5. The predicted molar refractivity (Wildman–Crippen MR) is 54.4 cm³/mol. The van der Waals surface area contributed by atoms with Gasteiger partial charge in [-0.1, -0.05) is 11.6 Å². The van der Waals surface area contributed by atoms with Gasteiger partial charge in [0.2, 0.25) is 0 Å². The molecule has 76 valence electrons. The van der Waals surface area contributed by atoms with Gasteiger partial charge in [0, 0.05) is 5.56 Å². The third-order valence-electron chi connectivity index (χ3n) is 1.92. The Kier molecular flexibility index (Phi) is 2.51. The Morgan fingerprint density at radius 2 is 2.27 bits per heavy atom. The topological polar surface area (TPSA) is 45.8 Å². The Labute approximate surface area is 89.9 Å². The van der Waals surface area contributed by atoms with Crippen molar-refractivity contribution in [3.63, 3.8) is 0 Å². The molecule has 0 bridgehead atoms. The van der Waals surface area contributed by atoms with Gasteiger partial charge in [-0.15, -0.1) is 0 Å². The van der Waals surface area contributed by atoms with Gasteiger partial charge in [0.1, 0.15) is 11.6 Å². The summed E-state index contributed by atoms with van der Waals surface area (Å²) in [4.78, 5) is 17.1. The number of H-pyrrole nitrogens is 1. The van der Waals surface area contributed by atoms with Crippen LogP contribution >= 0.6 is 11.6 Å². The van der Waals surface area contributed by atoms with E-state index in [0.29, 0.717) is 23.4 Å². The first-order valence-electron chi connectivity index (χ1n) is 4.16. The van der Waals surface area contributed by atoms with Gasteiger partial charge in [-0.25, -0.2) is 9.37 Å². The summed E-state index contributed by atoms with van der Waals surface area (Å²) in [5.41, 5.74) is 0.894. The number of carbonyl (C=O) groups is 1. The van der Waals surface area contributed by atoms with Gasteiger partial charge < -0.3 is 4.98 Å². The number of nitrogens with one attached hydrogen (secondary N) is 1. The maximum Gasteiger partial charge on any atom is 0.167 e. The zero-order valence-corrected chi connectivity index (χ0v) is 8.25. The van der Waals surface area contributed by atoms with E-state index in [1.54, 1.807) is 6.07 Å². The molecule has 1 aromatic carbocycles. The molecular formula is C10H6ClFN2O. The van der Waals surface area contributed by atoms with Crippen LogP contribution in [0.2, 0.25) is 5.02 Å². The quantitative estimate of drug-likeness (QED) is 0.798. The van der Waals surface area contributed by atoms with Crippen molar-refractivity contribution in [3.8, 4) is 11.4 Å². The van der Waals surface area contributed by atoms with Gasteiger partial charge in [-0.3, -0.25) is 4.79 Å². The summed E-state index contributed by atoms with van der Waals surface area (Å²) in [6.45, 7) is 0. The number of aromatic amines is 1. The van der Waals surface area contributed by atoms with Crippen LogP contribution in [0.4, 0.5) is 4.39 Å². The number of hydrogen-bond acceptors (Lipinski definition) is 2.